The van der Waals surface area contributed by atoms with Gasteiger partial charge >= 0.3 is 17.8 Å². The van der Waals surface area contributed by atoms with Crippen LogP contribution in [0.4, 0.5) is 11.4 Å². The number of carbonyl (C=O) groups is 4. The molecule has 0 saturated carbocycles. The predicted molar refractivity (Wildman–Crippen MR) is 155 cm³/mol. The zero-order valence-electron chi connectivity index (χ0n) is 22.1. The normalized spacial score (nSPS) is 11.4. The van der Waals surface area contributed by atoms with Gasteiger partial charge in [-0.05, 0) is 70.6 Å². The van der Waals surface area contributed by atoms with Crippen LogP contribution in [0.3, 0.4) is 0 Å². The lowest BCUT2D eigenvalue weighted by Crippen LogP contribution is -2.49. The molecule has 1 atom stereocenters. The number of aromatic nitrogens is 4. The molecule has 13 nitrogen and oxygen atoms in total. The Kier molecular flexibility index (Phi) is 8.53. The average Bonchev–Trinajstić information content (AvgIpc) is 3.73. The summed E-state index contributed by atoms with van der Waals surface area (Å²) in [7, 11) is 0. The zero-order valence-corrected chi connectivity index (χ0v) is 22.9. The lowest BCUT2D eigenvalue weighted by Gasteiger charge is -2.19. The molecule has 2 heterocycles. The van der Waals surface area contributed by atoms with Crippen LogP contribution >= 0.6 is 11.6 Å². The summed E-state index contributed by atoms with van der Waals surface area (Å²) in [5.74, 6) is -3.23. The molecular formula is C29H22ClN7O6. The predicted octanol–water partition coefficient (Wildman–Crippen LogP) is 3.58. The molecule has 4 N–H and O–H groups in total. The van der Waals surface area contributed by atoms with E-state index in [0.29, 0.717) is 22.7 Å². The van der Waals surface area contributed by atoms with Gasteiger partial charge in [0.25, 0.3) is 0 Å². The van der Waals surface area contributed by atoms with Crippen LogP contribution in [0.1, 0.15) is 15.9 Å². The number of hydrogen-bond acceptors (Lipinski definition) is 8. The van der Waals surface area contributed by atoms with Crippen LogP contribution in [0.5, 0.6) is 0 Å². The van der Waals surface area contributed by atoms with E-state index in [0.717, 1.165) is 5.56 Å². The van der Waals surface area contributed by atoms with Crippen molar-refractivity contribution in [2.24, 2.45) is 0 Å². The largest absolute Gasteiger partial charge is 0.478 e. The first-order chi connectivity index (χ1) is 20.8. The standard InChI is InChI=1S/C29H22ClN7O6/c30-20-9-12-24(37-16-31-35-36-37)22(15-20)33-27(39)28(40)34-23(26(38)32-21-10-7-19(8-11-21)29(41)42)14-17-3-5-18(6-4-17)25-2-1-13-43-25/h1-13,15-16,23H,14H2,(H,32,38)(H,33,39)(H,34,40)(H,41,42). The van der Waals surface area contributed by atoms with Crippen LogP contribution < -0.4 is 16.0 Å². The van der Waals surface area contributed by atoms with Crippen molar-refractivity contribution in [3.8, 4) is 17.0 Å². The molecule has 0 bridgehead atoms. The molecule has 0 aliphatic carbocycles. The highest BCUT2D eigenvalue weighted by molar-refractivity contribution is 6.40. The summed E-state index contributed by atoms with van der Waals surface area (Å²) in [4.78, 5) is 50.5. The number of benzene rings is 3. The summed E-state index contributed by atoms with van der Waals surface area (Å²) in [6.45, 7) is 0. The fraction of sp³-hybridized carbons (Fsp3) is 0.0690. The van der Waals surface area contributed by atoms with Crippen molar-refractivity contribution in [2.45, 2.75) is 12.5 Å². The van der Waals surface area contributed by atoms with Gasteiger partial charge in [0, 0.05) is 22.7 Å². The number of anilines is 2. The number of aromatic carboxylic acids is 1. The van der Waals surface area contributed by atoms with Crippen LogP contribution in [0.2, 0.25) is 5.02 Å². The topological polar surface area (TPSA) is 181 Å². The summed E-state index contributed by atoms with van der Waals surface area (Å²) in [6.07, 6.45) is 2.89. The number of nitrogens with one attached hydrogen (secondary N) is 3. The third-order valence-electron chi connectivity index (χ3n) is 6.23. The van der Waals surface area contributed by atoms with E-state index in [1.165, 1.54) is 41.3 Å². The number of hydrogen-bond donors (Lipinski definition) is 4. The molecule has 2 aromatic heterocycles. The number of furan rings is 1. The van der Waals surface area contributed by atoms with Gasteiger partial charge in [0.2, 0.25) is 5.91 Å². The van der Waals surface area contributed by atoms with Gasteiger partial charge in [-0.1, -0.05) is 35.9 Å². The number of carboxylic acid groups (broad SMARTS) is 1. The van der Waals surface area contributed by atoms with Gasteiger partial charge in [-0.25, -0.2) is 4.79 Å². The van der Waals surface area contributed by atoms with Gasteiger partial charge in [-0.3, -0.25) is 14.4 Å². The molecule has 0 saturated heterocycles. The third-order valence-corrected chi connectivity index (χ3v) is 6.46. The van der Waals surface area contributed by atoms with Gasteiger partial charge in [0.1, 0.15) is 18.1 Å². The minimum atomic E-state index is -1.19. The molecule has 1 unspecified atom stereocenters. The van der Waals surface area contributed by atoms with Gasteiger partial charge in [0.05, 0.1) is 23.2 Å². The SMILES string of the molecule is O=C(Nc1cc(Cl)ccc1-n1cnnn1)C(=O)NC(Cc1ccc(-c2ccco2)cc1)C(=O)Nc1ccc(C(=O)O)cc1. The van der Waals surface area contributed by atoms with Gasteiger partial charge in [-0.2, -0.15) is 4.68 Å². The van der Waals surface area contributed by atoms with Crippen LogP contribution in [-0.2, 0) is 20.8 Å². The smallest absolute Gasteiger partial charge is 0.335 e. The lowest BCUT2D eigenvalue weighted by atomic mass is 10.0. The zero-order chi connectivity index (χ0) is 30.3. The first-order valence-corrected chi connectivity index (χ1v) is 13.1. The monoisotopic (exact) mass is 599 g/mol. The van der Waals surface area contributed by atoms with Gasteiger partial charge in [0.15, 0.2) is 0 Å². The molecular weight excluding hydrogens is 578 g/mol. The fourth-order valence-electron chi connectivity index (χ4n) is 4.10. The molecule has 216 valence electrons. The molecule has 3 amide bonds. The fourth-order valence-corrected chi connectivity index (χ4v) is 4.27. The quantitative estimate of drug-likeness (QED) is 0.184. The summed E-state index contributed by atoms with van der Waals surface area (Å²) in [6, 6.07) is 19.6. The number of halogens is 1. The summed E-state index contributed by atoms with van der Waals surface area (Å²) < 4.78 is 6.69. The summed E-state index contributed by atoms with van der Waals surface area (Å²) in [5, 5.41) is 28.0. The van der Waals surface area contributed by atoms with E-state index in [1.807, 2.05) is 18.2 Å². The van der Waals surface area contributed by atoms with Crippen molar-refractivity contribution in [1.29, 1.82) is 0 Å². The van der Waals surface area contributed by atoms with Crippen molar-refractivity contribution in [2.75, 3.05) is 10.6 Å². The average molecular weight is 600 g/mol. The molecule has 0 fully saturated rings. The van der Waals surface area contributed by atoms with Crippen LogP contribution in [0, 0.1) is 0 Å². The second-order valence-corrected chi connectivity index (χ2v) is 9.58. The Bertz CT molecular complexity index is 1760. The number of tetrazole rings is 1. The molecule has 5 aromatic rings. The van der Waals surface area contributed by atoms with Crippen molar-refractivity contribution >= 4 is 46.7 Å². The maximum absolute atomic E-state index is 13.3. The Hall–Kier alpha value is -5.82. The molecule has 0 aliphatic rings. The Morgan fingerprint density at radius 3 is 2.35 bits per heavy atom. The van der Waals surface area contributed by atoms with Crippen molar-refractivity contribution < 1.29 is 28.7 Å². The Labute approximate surface area is 248 Å². The Morgan fingerprint density at radius 1 is 0.930 bits per heavy atom. The van der Waals surface area contributed by atoms with E-state index >= 15 is 0 Å². The van der Waals surface area contributed by atoms with E-state index in [1.54, 1.807) is 36.6 Å². The van der Waals surface area contributed by atoms with E-state index in [-0.39, 0.29) is 22.7 Å². The number of amides is 3. The minimum Gasteiger partial charge on any atom is -0.478 e. The van der Waals surface area contributed by atoms with Crippen molar-refractivity contribution in [3.05, 3.63) is 108 Å². The number of carboxylic acids is 1. The van der Waals surface area contributed by atoms with Gasteiger partial charge < -0.3 is 25.5 Å². The molecule has 0 aliphatic heterocycles. The summed E-state index contributed by atoms with van der Waals surface area (Å²) in [5.41, 5.74) is 2.36. The number of carbonyl (C=O) groups excluding carboxylic acids is 3. The molecule has 5 rings (SSSR count). The second kappa shape index (κ2) is 12.8. The first kappa shape index (κ1) is 28.7. The van der Waals surface area contributed by atoms with E-state index in [9.17, 15) is 19.2 Å². The summed E-state index contributed by atoms with van der Waals surface area (Å²) >= 11 is 6.10. The molecule has 43 heavy (non-hydrogen) atoms. The minimum absolute atomic E-state index is 0.0313. The molecule has 0 spiro atoms. The maximum atomic E-state index is 13.3. The van der Waals surface area contributed by atoms with Gasteiger partial charge in [-0.15, -0.1) is 5.10 Å². The van der Waals surface area contributed by atoms with Crippen molar-refractivity contribution in [1.82, 2.24) is 25.5 Å². The molecule has 0 radical (unpaired) electrons. The van der Waals surface area contributed by atoms with Crippen LogP contribution in [-0.4, -0.2) is 55.0 Å². The van der Waals surface area contributed by atoms with Crippen LogP contribution in [0.15, 0.2) is 95.9 Å². The highest BCUT2D eigenvalue weighted by Crippen LogP contribution is 2.24. The lowest BCUT2D eigenvalue weighted by molar-refractivity contribution is -0.137. The van der Waals surface area contributed by atoms with Crippen molar-refractivity contribution in [3.63, 3.8) is 0 Å². The highest BCUT2D eigenvalue weighted by Gasteiger charge is 2.26. The first-order valence-electron chi connectivity index (χ1n) is 12.7. The van der Waals surface area contributed by atoms with Crippen LogP contribution in [0.25, 0.3) is 17.0 Å². The Morgan fingerprint density at radius 2 is 1.70 bits per heavy atom. The second-order valence-electron chi connectivity index (χ2n) is 9.15. The number of nitrogens with zero attached hydrogens (tertiary/aromatic N) is 4. The highest BCUT2D eigenvalue weighted by atomic mass is 35.5. The molecule has 3 aromatic carbocycles. The number of rotatable bonds is 9. The Balaban J connectivity index is 1.34. The van der Waals surface area contributed by atoms with E-state index in [2.05, 4.69) is 31.5 Å². The maximum Gasteiger partial charge on any atom is 0.335 e. The molecule has 14 heteroatoms. The van der Waals surface area contributed by atoms with E-state index < -0.39 is 29.7 Å². The van der Waals surface area contributed by atoms with E-state index in [4.69, 9.17) is 21.1 Å². The third kappa shape index (κ3) is 7.10.